The zero-order valence-corrected chi connectivity index (χ0v) is 59.7. The highest BCUT2D eigenvalue weighted by molar-refractivity contribution is 6.17. The van der Waals surface area contributed by atoms with Gasteiger partial charge in [0.2, 0.25) is 5.69 Å². The second kappa shape index (κ2) is 20.3. The van der Waals surface area contributed by atoms with Crippen molar-refractivity contribution in [1.29, 1.82) is 0 Å². The number of benzene rings is 9. The lowest BCUT2D eigenvalue weighted by Gasteiger charge is -2.26. The summed E-state index contributed by atoms with van der Waals surface area (Å²) in [6, 6.07) is 59.7. The minimum absolute atomic E-state index is 0.109. The SMILES string of the molecule is [C-]#[N+]c1c(-n2c3ccc(C(C)(C)C)cc3c3cc(C(C)(C)C)ccc32)c(-n2c3ccc(C(C)(C)C)cc3c3cc(C(C)(C)C)ccc32)cc(-n2c3ccc(C(C)(C)C)cc3c3cc(C(C)(C)C)ccc32)c1-n1c2ccc(C(C)(C)C)cc2c2cc(C(C)(C)C)ccc21. The first kappa shape index (κ1) is 62.5. The zero-order chi connectivity index (χ0) is 66.4. The van der Waals surface area contributed by atoms with Crippen LogP contribution in [-0.2, 0) is 43.3 Å². The molecule has 0 unspecified atom stereocenters. The summed E-state index contributed by atoms with van der Waals surface area (Å²) < 4.78 is 10.0. The maximum Gasteiger partial charge on any atom is 0.238 e. The highest BCUT2D eigenvalue weighted by Crippen LogP contribution is 2.52. The summed E-state index contributed by atoms with van der Waals surface area (Å²) in [6.07, 6.45) is 0. The first-order valence-electron chi connectivity index (χ1n) is 33.6. The van der Waals surface area contributed by atoms with Gasteiger partial charge in [0.05, 0.1) is 73.5 Å². The fourth-order valence-electron chi connectivity index (χ4n) is 14.3. The van der Waals surface area contributed by atoms with Crippen LogP contribution in [0.1, 0.15) is 211 Å². The summed E-state index contributed by atoms with van der Waals surface area (Å²) in [7, 11) is 0. The quantitative estimate of drug-likeness (QED) is 0.157. The van der Waals surface area contributed by atoms with E-state index in [9.17, 15) is 6.57 Å². The summed E-state index contributed by atoms with van der Waals surface area (Å²) in [6.45, 7) is 66.0. The average Bonchev–Trinajstić information content (AvgIpc) is 1.49. The molecule has 5 nitrogen and oxygen atoms in total. The predicted molar refractivity (Wildman–Crippen MR) is 400 cm³/mol. The third kappa shape index (κ3) is 10.1. The molecule has 0 aliphatic rings. The molecule has 9 aromatic carbocycles. The van der Waals surface area contributed by atoms with Gasteiger partial charge >= 0.3 is 0 Å². The highest BCUT2D eigenvalue weighted by Gasteiger charge is 2.34. The Hall–Kier alpha value is -8.33. The Kier molecular flexibility index (Phi) is 13.8. The van der Waals surface area contributed by atoms with Gasteiger partial charge in [-0.3, -0.25) is 0 Å². The molecule has 470 valence electrons. The van der Waals surface area contributed by atoms with Gasteiger partial charge < -0.3 is 18.3 Å². The third-order valence-corrected chi connectivity index (χ3v) is 20.2. The van der Waals surface area contributed by atoms with E-state index in [-0.39, 0.29) is 43.3 Å². The van der Waals surface area contributed by atoms with Crippen LogP contribution in [0.2, 0.25) is 0 Å². The molecule has 5 heteroatoms. The summed E-state index contributed by atoms with van der Waals surface area (Å²) in [5.41, 5.74) is 22.0. The molecule has 0 aliphatic heterocycles. The molecule has 13 rings (SSSR count). The van der Waals surface area contributed by atoms with Crippen molar-refractivity contribution < 1.29 is 0 Å². The standard InChI is InChI=1S/C87H97N5/c1-80(2,3)51-26-34-67-59(42-51)60-43-52(81(4,5)6)27-35-68(60)89(67)75-50-76(90-69-36-28-53(82(7,8)9)44-61(69)62-45-54(83(10,11)12)29-37-70(62)90)79(92-73-40-32-57(86(19,20)21)48-65(73)66-49-58(87(22,23)24)33-41-74(66)92)77(88-25)78(75)91-71-38-30-55(84(13,14)15)46-63(71)64-47-56(85(16,17)18)31-39-72(64)91/h26-50H,1-24H3. The van der Waals surface area contributed by atoms with Crippen LogP contribution >= 0.6 is 0 Å². The molecule has 0 bridgehead atoms. The molecule has 0 N–H and O–H groups in total. The van der Waals surface area contributed by atoms with Crippen molar-refractivity contribution >= 4 is 92.9 Å². The van der Waals surface area contributed by atoms with Crippen molar-refractivity contribution in [3.63, 3.8) is 0 Å². The molecule has 0 fully saturated rings. The normalized spacial score (nSPS) is 13.6. The van der Waals surface area contributed by atoms with Gasteiger partial charge in [-0.25, -0.2) is 4.85 Å². The van der Waals surface area contributed by atoms with Crippen molar-refractivity contribution in [2.75, 3.05) is 0 Å². The summed E-state index contributed by atoms with van der Waals surface area (Å²) >= 11 is 0. The Morgan fingerprint density at radius 2 is 0.370 bits per heavy atom. The lowest BCUT2D eigenvalue weighted by Crippen LogP contribution is -2.13. The van der Waals surface area contributed by atoms with E-state index in [4.69, 9.17) is 4.85 Å². The number of hydrogen-bond acceptors (Lipinski definition) is 0. The largest absolute Gasteiger partial charge is 0.317 e. The molecular weight excluding hydrogens is 1110 g/mol. The van der Waals surface area contributed by atoms with Crippen molar-refractivity contribution in [3.05, 3.63) is 208 Å². The summed E-state index contributed by atoms with van der Waals surface area (Å²) in [5.74, 6) is 0. The van der Waals surface area contributed by atoms with Crippen LogP contribution in [0, 0.1) is 6.57 Å². The van der Waals surface area contributed by atoms with Gasteiger partial charge in [0.25, 0.3) is 0 Å². The molecule has 0 radical (unpaired) electrons. The van der Waals surface area contributed by atoms with Crippen molar-refractivity contribution in [2.24, 2.45) is 0 Å². The number of aromatic nitrogens is 4. The maximum absolute atomic E-state index is 10.4. The molecule has 0 amide bonds. The second-order valence-electron chi connectivity index (χ2n) is 35.3. The zero-order valence-electron chi connectivity index (χ0n) is 59.7. The van der Waals surface area contributed by atoms with E-state index < -0.39 is 0 Å². The van der Waals surface area contributed by atoms with Gasteiger partial charge in [0.1, 0.15) is 0 Å². The van der Waals surface area contributed by atoms with Crippen LogP contribution in [0.4, 0.5) is 5.69 Å². The molecule has 0 aliphatic carbocycles. The summed E-state index contributed by atoms with van der Waals surface area (Å²) in [5, 5.41) is 9.46. The minimum atomic E-state index is -0.119. The van der Waals surface area contributed by atoms with Crippen LogP contribution in [0.25, 0.3) is 115 Å². The van der Waals surface area contributed by atoms with Crippen molar-refractivity contribution in [2.45, 2.75) is 209 Å². The predicted octanol–water partition coefficient (Wildman–Crippen LogP) is 25.0. The first-order valence-corrected chi connectivity index (χ1v) is 33.6. The van der Waals surface area contributed by atoms with Gasteiger partial charge in [-0.1, -0.05) is 215 Å². The van der Waals surface area contributed by atoms with Gasteiger partial charge in [-0.2, -0.15) is 0 Å². The first-order chi connectivity index (χ1) is 42.6. The topological polar surface area (TPSA) is 24.1 Å². The molecule has 0 saturated carbocycles. The molecular formula is C87H97N5. The Bertz CT molecular complexity index is 4670. The van der Waals surface area contributed by atoms with Crippen LogP contribution in [0.15, 0.2) is 152 Å². The van der Waals surface area contributed by atoms with Gasteiger partial charge in [0, 0.05) is 43.1 Å². The van der Waals surface area contributed by atoms with Gasteiger partial charge in [0.15, 0.2) is 0 Å². The maximum atomic E-state index is 10.4. The van der Waals surface area contributed by atoms with Crippen LogP contribution < -0.4 is 0 Å². The molecule has 0 atom stereocenters. The van der Waals surface area contributed by atoms with Crippen LogP contribution in [0.3, 0.4) is 0 Å². The van der Waals surface area contributed by atoms with E-state index in [0.717, 1.165) is 66.9 Å². The molecule has 92 heavy (non-hydrogen) atoms. The van der Waals surface area contributed by atoms with Crippen molar-refractivity contribution in [1.82, 2.24) is 18.3 Å². The Morgan fingerprint density at radius 1 is 0.217 bits per heavy atom. The Labute approximate surface area is 547 Å². The monoisotopic (exact) mass is 1210 g/mol. The van der Waals surface area contributed by atoms with Gasteiger partial charge in [-0.15, -0.1) is 0 Å². The fourth-order valence-corrected chi connectivity index (χ4v) is 14.3. The van der Waals surface area contributed by atoms with Crippen LogP contribution in [0.5, 0.6) is 0 Å². The van der Waals surface area contributed by atoms with Gasteiger partial charge in [-0.05, 0) is 191 Å². The van der Waals surface area contributed by atoms with E-state index >= 15 is 0 Å². The minimum Gasteiger partial charge on any atom is -0.317 e. The molecule has 4 aromatic heterocycles. The van der Waals surface area contributed by atoms with Crippen molar-refractivity contribution in [3.8, 4) is 22.7 Å². The lowest BCUT2D eigenvalue weighted by atomic mass is 9.85. The smallest absolute Gasteiger partial charge is 0.238 e. The average molecular weight is 1210 g/mol. The number of hydrogen-bond donors (Lipinski definition) is 0. The molecule has 13 aromatic rings. The van der Waals surface area contributed by atoms with E-state index in [1.54, 1.807) is 0 Å². The Morgan fingerprint density at radius 3 is 0.511 bits per heavy atom. The molecule has 0 spiro atoms. The van der Waals surface area contributed by atoms with Crippen LogP contribution in [-0.4, -0.2) is 18.3 Å². The number of fused-ring (bicyclic) bond motifs is 12. The second-order valence-corrected chi connectivity index (χ2v) is 35.3. The number of nitrogens with zero attached hydrogens (tertiary/aromatic N) is 5. The Balaban J connectivity index is 1.35. The van der Waals surface area contributed by atoms with E-state index in [2.05, 4.69) is 336 Å². The highest BCUT2D eigenvalue weighted by atomic mass is 15.1. The lowest BCUT2D eigenvalue weighted by molar-refractivity contribution is 0.590. The number of rotatable bonds is 4. The summed E-state index contributed by atoms with van der Waals surface area (Å²) in [4.78, 5) is 5.17. The van der Waals surface area contributed by atoms with E-state index in [1.807, 2.05) is 0 Å². The molecule has 0 saturated heterocycles. The van der Waals surface area contributed by atoms with E-state index in [1.165, 1.54) is 87.6 Å². The third-order valence-electron chi connectivity index (χ3n) is 20.2. The molecule has 4 heterocycles. The fraction of sp³-hybridized carbons (Fsp3) is 0.368. The van der Waals surface area contributed by atoms with E-state index in [0.29, 0.717) is 5.69 Å².